The summed E-state index contributed by atoms with van der Waals surface area (Å²) in [6.45, 7) is 2.16. The molecule has 1 heterocycles. The molecule has 5 nitrogen and oxygen atoms in total. The maximum atomic E-state index is 8.59. The molecule has 0 unspecified atom stereocenters. The molecule has 0 saturated carbocycles. The molecular formula is C15H17N3O2. The summed E-state index contributed by atoms with van der Waals surface area (Å²) in [5, 5.41) is 11.8. The van der Waals surface area contributed by atoms with Crippen LogP contribution in [0.2, 0.25) is 0 Å². The van der Waals surface area contributed by atoms with E-state index in [4.69, 9.17) is 9.94 Å². The van der Waals surface area contributed by atoms with Gasteiger partial charge in [-0.1, -0.05) is 17.3 Å². The Kier molecular flexibility index (Phi) is 5.06. The Bertz CT molecular complexity index is 553. The number of oxime groups is 1. The zero-order valence-corrected chi connectivity index (χ0v) is 11.4. The van der Waals surface area contributed by atoms with Crippen molar-refractivity contribution in [1.29, 1.82) is 0 Å². The van der Waals surface area contributed by atoms with Crippen LogP contribution >= 0.6 is 0 Å². The largest absolute Gasteiger partial charge is 0.486 e. The molecule has 1 aromatic heterocycles. The lowest BCUT2D eigenvalue weighted by molar-refractivity contribution is 0.295. The lowest BCUT2D eigenvalue weighted by atomic mass is 10.1. The van der Waals surface area contributed by atoms with Gasteiger partial charge in [0.25, 0.3) is 0 Å². The third-order valence-electron chi connectivity index (χ3n) is 2.86. The van der Waals surface area contributed by atoms with E-state index in [1.165, 1.54) is 5.56 Å². The fourth-order valence-electron chi connectivity index (χ4n) is 1.68. The lowest BCUT2D eigenvalue weighted by Crippen LogP contribution is -2.00. The Labute approximate surface area is 118 Å². The van der Waals surface area contributed by atoms with Crippen LogP contribution in [0, 0.1) is 0 Å². The van der Waals surface area contributed by atoms with E-state index in [2.05, 4.69) is 15.1 Å². The van der Waals surface area contributed by atoms with Gasteiger partial charge in [0, 0.05) is 12.4 Å². The maximum Gasteiger partial charge on any atom is 0.166 e. The molecule has 0 fully saturated rings. The van der Waals surface area contributed by atoms with Gasteiger partial charge in [-0.05, 0) is 43.5 Å². The third kappa shape index (κ3) is 4.35. The van der Waals surface area contributed by atoms with E-state index < -0.39 is 0 Å². The molecule has 1 N–H and O–H groups in total. The van der Waals surface area contributed by atoms with Crippen molar-refractivity contribution in [2.24, 2.45) is 5.16 Å². The molecule has 20 heavy (non-hydrogen) atoms. The summed E-state index contributed by atoms with van der Waals surface area (Å²) in [5.74, 6) is 1.44. The van der Waals surface area contributed by atoms with E-state index >= 15 is 0 Å². The molecule has 104 valence electrons. The molecular weight excluding hydrogens is 254 g/mol. The van der Waals surface area contributed by atoms with E-state index in [-0.39, 0.29) is 0 Å². The van der Waals surface area contributed by atoms with E-state index in [1.54, 1.807) is 25.4 Å². The average Bonchev–Trinajstić information content (AvgIpc) is 2.52. The predicted molar refractivity (Wildman–Crippen MR) is 76.0 cm³/mol. The minimum Gasteiger partial charge on any atom is -0.486 e. The fourth-order valence-corrected chi connectivity index (χ4v) is 1.68. The number of benzene rings is 1. The summed E-state index contributed by atoms with van der Waals surface area (Å²) in [4.78, 5) is 8.19. The smallest absolute Gasteiger partial charge is 0.166 e. The van der Waals surface area contributed by atoms with Gasteiger partial charge in [-0.2, -0.15) is 0 Å². The number of aromatic nitrogens is 2. The van der Waals surface area contributed by atoms with Crippen LogP contribution in [0.5, 0.6) is 5.75 Å². The second-order valence-corrected chi connectivity index (χ2v) is 4.43. The van der Waals surface area contributed by atoms with Gasteiger partial charge in [-0.15, -0.1) is 0 Å². The fraction of sp³-hybridized carbons (Fsp3) is 0.267. The van der Waals surface area contributed by atoms with Gasteiger partial charge >= 0.3 is 0 Å². The van der Waals surface area contributed by atoms with Crippen LogP contribution < -0.4 is 4.74 Å². The van der Waals surface area contributed by atoms with E-state index in [1.807, 2.05) is 24.3 Å². The van der Waals surface area contributed by atoms with Crippen LogP contribution in [0.25, 0.3) is 0 Å². The Morgan fingerprint density at radius 1 is 1.20 bits per heavy atom. The molecule has 0 saturated heterocycles. The normalized spacial score (nSPS) is 11.3. The Morgan fingerprint density at radius 3 is 2.55 bits per heavy atom. The van der Waals surface area contributed by atoms with Crippen LogP contribution in [-0.2, 0) is 13.0 Å². The van der Waals surface area contributed by atoms with Crippen molar-refractivity contribution in [2.45, 2.75) is 26.4 Å². The minimum atomic E-state index is 0.358. The highest BCUT2D eigenvalue weighted by molar-refractivity contribution is 5.81. The number of ether oxygens (including phenoxy) is 1. The summed E-state index contributed by atoms with van der Waals surface area (Å²) in [5.41, 5.74) is 1.91. The van der Waals surface area contributed by atoms with Gasteiger partial charge in [-0.25, -0.2) is 9.97 Å². The molecule has 0 amide bonds. The van der Waals surface area contributed by atoms with Crippen molar-refractivity contribution in [3.63, 3.8) is 0 Å². The van der Waals surface area contributed by atoms with Crippen molar-refractivity contribution in [2.75, 3.05) is 0 Å². The molecule has 0 aliphatic heterocycles. The molecule has 0 aliphatic rings. The molecule has 2 aromatic rings. The first-order valence-corrected chi connectivity index (χ1v) is 6.43. The van der Waals surface area contributed by atoms with Gasteiger partial charge in [-0.3, -0.25) is 0 Å². The van der Waals surface area contributed by atoms with Gasteiger partial charge in [0.15, 0.2) is 5.82 Å². The molecule has 5 heteroatoms. The highest BCUT2D eigenvalue weighted by Gasteiger charge is 2.00. The molecule has 1 aromatic carbocycles. The number of hydrogen-bond donors (Lipinski definition) is 1. The highest BCUT2D eigenvalue weighted by atomic mass is 16.5. The molecule has 0 spiro atoms. The Balaban J connectivity index is 1.85. The number of hydrogen-bond acceptors (Lipinski definition) is 5. The van der Waals surface area contributed by atoms with Crippen molar-refractivity contribution < 1.29 is 9.94 Å². The number of rotatable bonds is 6. The van der Waals surface area contributed by atoms with Crippen LogP contribution in [0.15, 0.2) is 47.9 Å². The van der Waals surface area contributed by atoms with Crippen LogP contribution in [0.4, 0.5) is 0 Å². The first-order chi connectivity index (χ1) is 9.78. The summed E-state index contributed by atoms with van der Waals surface area (Å²) >= 11 is 0. The van der Waals surface area contributed by atoms with E-state index in [9.17, 15) is 0 Å². The highest BCUT2D eigenvalue weighted by Crippen LogP contribution is 2.14. The van der Waals surface area contributed by atoms with Crippen molar-refractivity contribution in [1.82, 2.24) is 9.97 Å². The third-order valence-corrected chi connectivity index (χ3v) is 2.86. The molecule has 0 aliphatic carbocycles. The average molecular weight is 271 g/mol. The van der Waals surface area contributed by atoms with Crippen LogP contribution in [0.3, 0.4) is 0 Å². The zero-order chi connectivity index (χ0) is 14.2. The monoisotopic (exact) mass is 271 g/mol. The number of nitrogens with zero attached hydrogens (tertiary/aromatic N) is 3. The SMILES string of the molecule is CC(CCc1ccc(OCc2ncccn2)cc1)=NO. The minimum absolute atomic E-state index is 0.358. The van der Waals surface area contributed by atoms with Gasteiger partial charge in [0.05, 0.1) is 5.71 Å². The van der Waals surface area contributed by atoms with Gasteiger partial charge in [0.1, 0.15) is 12.4 Å². The molecule has 0 atom stereocenters. The van der Waals surface area contributed by atoms with Crippen LogP contribution in [0.1, 0.15) is 24.7 Å². The number of aryl methyl sites for hydroxylation is 1. The molecule has 2 rings (SSSR count). The van der Waals surface area contributed by atoms with Crippen molar-refractivity contribution >= 4 is 5.71 Å². The second kappa shape index (κ2) is 7.23. The topological polar surface area (TPSA) is 67.6 Å². The van der Waals surface area contributed by atoms with Gasteiger partial charge < -0.3 is 9.94 Å². The first-order valence-electron chi connectivity index (χ1n) is 6.43. The quantitative estimate of drug-likeness (QED) is 0.498. The summed E-state index contributed by atoms with van der Waals surface area (Å²) in [6.07, 6.45) is 4.98. The Hall–Kier alpha value is -2.43. The van der Waals surface area contributed by atoms with E-state index in [0.29, 0.717) is 12.4 Å². The predicted octanol–water partition coefficient (Wildman–Crippen LogP) is 2.84. The van der Waals surface area contributed by atoms with E-state index in [0.717, 1.165) is 24.3 Å². The summed E-state index contributed by atoms with van der Waals surface area (Å²) in [7, 11) is 0. The standard InChI is InChI=1S/C15H17N3O2/c1-12(18-19)3-4-13-5-7-14(8-6-13)20-11-15-16-9-2-10-17-15/h2,5-10,19H,3-4,11H2,1H3. The van der Waals surface area contributed by atoms with Crippen LogP contribution in [-0.4, -0.2) is 20.9 Å². The summed E-state index contributed by atoms with van der Waals surface area (Å²) in [6, 6.07) is 9.63. The first kappa shape index (κ1) is 14.0. The van der Waals surface area contributed by atoms with Crippen molar-refractivity contribution in [3.8, 4) is 5.75 Å². The van der Waals surface area contributed by atoms with Crippen molar-refractivity contribution in [3.05, 3.63) is 54.1 Å². The maximum absolute atomic E-state index is 8.59. The zero-order valence-electron chi connectivity index (χ0n) is 11.4. The molecule has 0 radical (unpaired) electrons. The second-order valence-electron chi connectivity index (χ2n) is 4.43. The Morgan fingerprint density at radius 2 is 1.90 bits per heavy atom. The molecule has 0 bridgehead atoms. The lowest BCUT2D eigenvalue weighted by Gasteiger charge is -2.06. The summed E-state index contributed by atoms with van der Waals surface area (Å²) < 4.78 is 5.61. The van der Waals surface area contributed by atoms with Gasteiger partial charge in [0.2, 0.25) is 0 Å².